The van der Waals surface area contributed by atoms with Gasteiger partial charge in [-0.1, -0.05) is 13.0 Å². The fourth-order valence-electron chi connectivity index (χ4n) is 2.77. The predicted molar refractivity (Wildman–Crippen MR) is 67.0 cm³/mol. The number of aliphatic hydroxyl groups is 1. The molecule has 0 aliphatic heterocycles. The number of benzene rings is 1. The lowest BCUT2D eigenvalue weighted by Gasteiger charge is -2.37. The van der Waals surface area contributed by atoms with Crippen LogP contribution in [-0.4, -0.2) is 5.11 Å². The van der Waals surface area contributed by atoms with E-state index in [0.29, 0.717) is 18.8 Å². The van der Waals surface area contributed by atoms with Crippen LogP contribution in [0.1, 0.15) is 44.3 Å². The Balaban J connectivity index is 2.37. The minimum atomic E-state index is -1.41. The van der Waals surface area contributed by atoms with Crippen molar-refractivity contribution < 1.29 is 13.9 Å². The number of rotatable bonds is 2. The molecule has 2 nitrogen and oxygen atoms in total. The van der Waals surface area contributed by atoms with E-state index in [1.165, 1.54) is 6.07 Å². The fraction of sp³-hybridized carbons (Fsp3) is 0.533. The molecule has 2 rings (SSSR count). The summed E-state index contributed by atoms with van der Waals surface area (Å²) in [5, 5.41) is 19.7. The molecule has 1 N–H and O–H groups in total. The van der Waals surface area contributed by atoms with Crippen LogP contribution in [0.3, 0.4) is 0 Å². The molecule has 1 aromatic rings. The monoisotopic (exact) mass is 265 g/mol. The van der Waals surface area contributed by atoms with Crippen LogP contribution in [-0.2, 0) is 0 Å². The van der Waals surface area contributed by atoms with E-state index in [1.54, 1.807) is 0 Å². The second-order valence-electron chi connectivity index (χ2n) is 5.49. The van der Waals surface area contributed by atoms with Crippen LogP contribution < -0.4 is 0 Å². The van der Waals surface area contributed by atoms with E-state index in [2.05, 4.69) is 13.0 Å². The largest absolute Gasteiger partial charge is 0.387 e. The minimum Gasteiger partial charge on any atom is -0.387 e. The van der Waals surface area contributed by atoms with Crippen LogP contribution in [0.2, 0.25) is 0 Å². The molecule has 0 heterocycles. The summed E-state index contributed by atoms with van der Waals surface area (Å²) in [6.45, 7) is 2.08. The molecule has 1 saturated carbocycles. The average molecular weight is 265 g/mol. The molecule has 1 atom stereocenters. The maximum atomic E-state index is 13.7. The summed E-state index contributed by atoms with van der Waals surface area (Å²) < 4.78 is 27.5. The third kappa shape index (κ3) is 2.48. The summed E-state index contributed by atoms with van der Waals surface area (Å²) in [5.74, 6) is -1.10. The van der Waals surface area contributed by atoms with E-state index in [-0.39, 0.29) is 5.56 Å². The summed E-state index contributed by atoms with van der Waals surface area (Å²) in [4.78, 5) is 0. The van der Waals surface area contributed by atoms with Crippen molar-refractivity contribution in [2.45, 2.75) is 38.7 Å². The van der Waals surface area contributed by atoms with Gasteiger partial charge in [-0.2, -0.15) is 5.26 Å². The lowest BCUT2D eigenvalue weighted by molar-refractivity contribution is 0.0216. The normalized spacial score (nSPS) is 28.7. The fourth-order valence-corrected chi connectivity index (χ4v) is 2.77. The van der Waals surface area contributed by atoms with Crippen LogP contribution in [0.15, 0.2) is 18.2 Å². The zero-order chi connectivity index (χ0) is 14.0. The highest BCUT2D eigenvalue weighted by Crippen LogP contribution is 2.47. The second-order valence-corrected chi connectivity index (χ2v) is 5.49. The molecular weight excluding hydrogens is 248 g/mol. The van der Waals surface area contributed by atoms with Gasteiger partial charge in [-0.25, -0.2) is 8.78 Å². The first kappa shape index (κ1) is 14.0. The van der Waals surface area contributed by atoms with Gasteiger partial charge in [0.1, 0.15) is 17.7 Å². The van der Waals surface area contributed by atoms with Crippen LogP contribution in [0.4, 0.5) is 8.78 Å². The Kier molecular flexibility index (Phi) is 3.86. The first-order chi connectivity index (χ1) is 9.00. The predicted octanol–water partition coefficient (Wildman–Crippen LogP) is 3.72. The Morgan fingerprint density at radius 3 is 2.32 bits per heavy atom. The van der Waals surface area contributed by atoms with E-state index in [1.807, 2.05) is 0 Å². The average Bonchev–Trinajstić information content (AvgIpc) is 2.39. The first-order valence-corrected chi connectivity index (χ1v) is 6.53. The molecule has 0 spiro atoms. The van der Waals surface area contributed by atoms with Crippen LogP contribution in [0.25, 0.3) is 0 Å². The van der Waals surface area contributed by atoms with Crippen LogP contribution >= 0.6 is 0 Å². The number of nitriles is 1. The first-order valence-electron chi connectivity index (χ1n) is 6.53. The van der Waals surface area contributed by atoms with Crippen LogP contribution in [0, 0.1) is 34.3 Å². The van der Waals surface area contributed by atoms with E-state index >= 15 is 0 Å². The number of hydrogen-bond acceptors (Lipinski definition) is 2. The molecule has 102 valence electrons. The van der Waals surface area contributed by atoms with Crippen molar-refractivity contribution >= 4 is 0 Å². The summed E-state index contributed by atoms with van der Waals surface area (Å²) >= 11 is 0. The standard InChI is InChI=1S/C15H17F2NO/c1-10-5-7-15(9-18,8-6-10)14(19)13-11(16)3-2-4-12(13)17/h2-4,10,14,19H,5-8H2,1H3. The van der Waals surface area contributed by atoms with Crippen molar-refractivity contribution in [3.63, 3.8) is 0 Å². The maximum Gasteiger partial charge on any atom is 0.132 e. The quantitative estimate of drug-likeness (QED) is 0.885. The smallest absolute Gasteiger partial charge is 0.132 e. The van der Waals surface area contributed by atoms with E-state index in [4.69, 9.17) is 0 Å². The molecule has 0 aromatic heterocycles. The molecule has 4 heteroatoms. The van der Waals surface area contributed by atoms with E-state index in [9.17, 15) is 19.1 Å². The third-order valence-electron chi connectivity index (χ3n) is 4.19. The SMILES string of the molecule is CC1CCC(C#N)(C(O)c2c(F)cccc2F)CC1. The van der Waals surface area contributed by atoms with Gasteiger partial charge < -0.3 is 5.11 Å². The van der Waals surface area contributed by atoms with Crippen molar-refractivity contribution in [3.8, 4) is 6.07 Å². The zero-order valence-electron chi connectivity index (χ0n) is 10.9. The van der Waals surface area contributed by atoms with Gasteiger partial charge in [0, 0.05) is 0 Å². The van der Waals surface area contributed by atoms with Gasteiger partial charge in [0.25, 0.3) is 0 Å². The molecule has 0 bridgehead atoms. The molecule has 1 aliphatic rings. The van der Waals surface area contributed by atoms with Crippen molar-refractivity contribution in [2.75, 3.05) is 0 Å². The minimum absolute atomic E-state index is 0.376. The van der Waals surface area contributed by atoms with Gasteiger partial charge in [-0.3, -0.25) is 0 Å². The topological polar surface area (TPSA) is 44.0 Å². The molecule has 1 fully saturated rings. The zero-order valence-corrected chi connectivity index (χ0v) is 10.9. The number of halogens is 2. The lowest BCUT2D eigenvalue weighted by Crippen LogP contribution is -2.33. The Bertz CT molecular complexity index is 481. The molecule has 0 amide bonds. The van der Waals surface area contributed by atoms with Crippen molar-refractivity contribution in [3.05, 3.63) is 35.4 Å². The molecule has 19 heavy (non-hydrogen) atoms. The molecule has 0 radical (unpaired) electrons. The number of nitrogens with zero attached hydrogens (tertiary/aromatic N) is 1. The van der Waals surface area contributed by atoms with Crippen molar-refractivity contribution in [2.24, 2.45) is 11.3 Å². The summed E-state index contributed by atoms with van der Waals surface area (Å²) in [6, 6.07) is 5.58. The number of hydrogen-bond donors (Lipinski definition) is 1. The summed E-state index contributed by atoms with van der Waals surface area (Å²) in [6.07, 6.45) is 1.12. The van der Waals surface area contributed by atoms with Gasteiger partial charge >= 0.3 is 0 Å². The van der Waals surface area contributed by atoms with Gasteiger partial charge in [0.15, 0.2) is 0 Å². The van der Waals surface area contributed by atoms with Crippen molar-refractivity contribution in [1.82, 2.24) is 0 Å². The van der Waals surface area contributed by atoms with E-state index < -0.39 is 23.2 Å². The highest BCUT2D eigenvalue weighted by Gasteiger charge is 2.43. The maximum absolute atomic E-state index is 13.7. The van der Waals surface area contributed by atoms with Gasteiger partial charge in [0.05, 0.1) is 17.0 Å². The van der Waals surface area contributed by atoms with Crippen LogP contribution in [0.5, 0.6) is 0 Å². The molecular formula is C15H17F2NO. The summed E-state index contributed by atoms with van der Waals surface area (Å²) in [5.41, 5.74) is -1.45. The molecule has 1 unspecified atom stereocenters. The molecule has 1 aliphatic carbocycles. The third-order valence-corrected chi connectivity index (χ3v) is 4.19. The summed E-state index contributed by atoms with van der Waals surface area (Å²) in [7, 11) is 0. The Morgan fingerprint density at radius 2 is 1.84 bits per heavy atom. The highest BCUT2D eigenvalue weighted by atomic mass is 19.1. The Morgan fingerprint density at radius 1 is 1.32 bits per heavy atom. The van der Waals surface area contributed by atoms with Gasteiger partial charge in [-0.05, 0) is 43.7 Å². The second kappa shape index (κ2) is 5.26. The Labute approximate surface area is 111 Å². The lowest BCUT2D eigenvalue weighted by atomic mass is 9.67. The highest BCUT2D eigenvalue weighted by molar-refractivity contribution is 5.26. The molecule has 1 aromatic carbocycles. The Hall–Kier alpha value is -1.47. The van der Waals surface area contributed by atoms with E-state index in [0.717, 1.165) is 25.0 Å². The van der Waals surface area contributed by atoms with Crippen molar-refractivity contribution in [1.29, 1.82) is 5.26 Å². The van der Waals surface area contributed by atoms with Gasteiger partial charge in [-0.15, -0.1) is 0 Å². The number of aliphatic hydroxyl groups excluding tert-OH is 1. The van der Waals surface area contributed by atoms with Gasteiger partial charge in [0.2, 0.25) is 0 Å². The molecule has 0 saturated heterocycles.